The molecule has 0 unspecified atom stereocenters. The van der Waals surface area contributed by atoms with Gasteiger partial charge in [0.25, 0.3) is 5.91 Å². The number of hydrogen-bond donors (Lipinski definition) is 4. The van der Waals surface area contributed by atoms with Crippen molar-refractivity contribution in [1.29, 1.82) is 0 Å². The van der Waals surface area contributed by atoms with E-state index in [1.54, 1.807) is 24.4 Å². The van der Waals surface area contributed by atoms with Crippen molar-refractivity contribution in [3.63, 3.8) is 0 Å². The van der Waals surface area contributed by atoms with Gasteiger partial charge in [0.1, 0.15) is 22.5 Å². The molecule has 0 saturated carbocycles. The molecule has 13 nitrogen and oxygen atoms in total. The number of hydrogen-bond acceptors (Lipinski definition) is 10. The lowest BCUT2D eigenvalue weighted by atomic mass is 9.91. The molecule has 3 amide bonds. The standard InChI is InChI=1S/C43H63N5O8S/c1-9-11-12-14-22-48(42(53)38(28(5)10-2)46-40(52)35-16-13-15-21-47(35)8)36(27(3)4)25-37(56-30(7)49)41-45-34(26-57-41)39(51)44-32(23-29(6)43(54)55)24-31-17-19-33(50)20-18-31/h1,17-20,26-29,32,35-38,50H,10-16,21-25H2,2-8H3,(H,44,51)(H,46,52)(H,54,55)/t28-,29-,32+,35+,36+,37+,38-/m0/s1. The zero-order valence-corrected chi connectivity index (χ0v) is 35.5. The molecule has 0 spiro atoms. The van der Waals surface area contributed by atoms with Crippen LogP contribution in [0, 0.1) is 30.1 Å². The van der Waals surface area contributed by atoms with E-state index in [0.717, 1.165) is 42.7 Å². The summed E-state index contributed by atoms with van der Waals surface area (Å²) >= 11 is 1.16. The Kier molecular flexibility index (Phi) is 19.0. The minimum atomic E-state index is -0.988. The molecular formula is C43H63N5O8S. The van der Waals surface area contributed by atoms with Crippen LogP contribution in [-0.2, 0) is 30.3 Å². The molecule has 14 heteroatoms. The molecule has 7 atom stereocenters. The van der Waals surface area contributed by atoms with Crippen LogP contribution in [-0.4, -0.2) is 99.0 Å². The lowest BCUT2D eigenvalue weighted by Gasteiger charge is -2.40. The molecular weight excluding hydrogens is 747 g/mol. The number of piperidine rings is 1. The molecule has 1 aromatic heterocycles. The third kappa shape index (κ3) is 14.4. The highest BCUT2D eigenvalue weighted by Gasteiger charge is 2.38. The normalized spacial score (nSPS) is 17.6. The number of nitrogens with zero attached hydrogens (tertiary/aromatic N) is 3. The summed E-state index contributed by atoms with van der Waals surface area (Å²) in [5.41, 5.74) is 0.889. The Morgan fingerprint density at radius 3 is 2.37 bits per heavy atom. The fraction of sp³-hybridized carbons (Fsp3) is 0.628. The van der Waals surface area contributed by atoms with Crippen molar-refractivity contribution in [2.24, 2.45) is 17.8 Å². The molecule has 2 aromatic rings. The number of carbonyl (C=O) groups excluding carboxylic acids is 4. The highest BCUT2D eigenvalue weighted by molar-refractivity contribution is 7.09. The van der Waals surface area contributed by atoms with Crippen LogP contribution in [0.5, 0.6) is 5.75 Å². The first kappa shape index (κ1) is 46.9. The fourth-order valence-corrected chi connectivity index (χ4v) is 8.12. The molecule has 1 aliphatic rings. The van der Waals surface area contributed by atoms with E-state index in [9.17, 15) is 34.2 Å². The number of likely N-dealkylation sites (tertiary alicyclic amines) is 1. The molecule has 1 fully saturated rings. The van der Waals surface area contributed by atoms with Crippen molar-refractivity contribution in [1.82, 2.24) is 25.4 Å². The zero-order valence-electron chi connectivity index (χ0n) is 34.7. The highest BCUT2D eigenvalue weighted by atomic mass is 32.1. The lowest BCUT2D eigenvalue weighted by Crippen LogP contribution is -2.59. The van der Waals surface area contributed by atoms with Crippen LogP contribution in [0.4, 0.5) is 0 Å². The van der Waals surface area contributed by atoms with Crippen LogP contribution in [0.2, 0.25) is 0 Å². The smallest absolute Gasteiger partial charge is 0.306 e. The first-order valence-corrected chi connectivity index (χ1v) is 21.1. The number of unbranched alkanes of at least 4 members (excludes halogenated alkanes) is 2. The number of terminal acetylenes is 1. The molecule has 0 aliphatic carbocycles. The predicted molar refractivity (Wildman–Crippen MR) is 220 cm³/mol. The molecule has 3 rings (SSSR count). The number of carbonyl (C=O) groups is 5. The van der Waals surface area contributed by atoms with Gasteiger partial charge in [-0.1, -0.05) is 59.6 Å². The minimum Gasteiger partial charge on any atom is -0.508 e. The Morgan fingerprint density at radius 1 is 1.07 bits per heavy atom. The molecule has 1 saturated heterocycles. The van der Waals surface area contributed by atoms with Crippen molar-refractivity contribution < 1.29 is 38.9 Å². The van der Waals surface area contributed by atoms with Crippen molar-refractivity contribution in [2.75, 3.05) is 20.1 Å². The maximum atomic E-state index is 14.8. The van der Waals surface area contributed by atoms with Gasteiger partial charge in [-0.25, -0.2) is 4.98 Å². The van der Waals surface area contributed by atoms with Crippen LogP contribution in [0.15, 0.2) is 29.6 Å². The topological polar surface area (TPSA) is 178 Å². The molecule has 1 aliphatic heterocycles. The number of aliphatic carboxylic acids is 1. The van der Waals surface area contributed by atoms with Crippen molar-refractivity contribution in [2.45, 2.75) is 136 Å². The van der Waals surface area contributed by atoms with E-state index in [1.807, 2.05) is 44.5 Å². The number of thiazole rings is 1. The van der Waals surface area contributed by atoms with E-state index < -0.39 is 48.0 Å². The number of aromatic hydroxyl groups is 1. The molecule has 4 N–H and O–H groups in total. The fourth-order valence-electron chi connectivity index (χ4n) is 7.28. The summed E-state index contributed by atoms with van der Waals surface area (Å²) in [7, 11) is 1.94. The van der Waals surface area contributed by atoms with Crippen LogP contribution < -0.4 is 10.6 Å². The van der Waals surface area contributed by atoms with Gasteiger partial charge in [0.2, 0.25) is 11.8 Å². The molecule has 0 bridgehead atoms. The summed E-state index contributed by atoms with van der Waals surface area (Å²) in [5, 5.41) is 27.3. The summed E-state index contributed by atoms with van der Waals surface area (Å²) in [6.07, 6.45) is 10.6. The summed E-state index contributed by atoms with van der Waals surface area (Å²) < 4.78 is 5.87. The lowest BCUT2D eigenvalue weighted by molar-refractivity contribution is -0.150. The Balaban J connectivity index is 1.93. The molecule has 57 heavy (non-hydrogen) atoms. The number of esters is 1. The van der Waals surface area contributed by atoms with Crippen molar-refractivity contribution in [3.05, 3.63) is 45.9 Å². The Bertz CT molecular complexity index is 1670. The first-order valence-electron chi connectivity index (χ1n) is 20.2. The summed E-state index contributed by atoms with van der Waals surface area (Å²) in [4.78, 5) is 74.9. The van der Waals surface area contributed by atoms with E-state index in [0.29, 0.717) is 43.7 Å². The van der Waals surface area contributed by atoms with Gasteiger partial charge in [0.05, 0.1) is 12.0 Å². The van der Waals surface area contributed by atoms with E-state index in [2.05, 4.69) is 21.5 Å². The van der Waals surface area contributed by atoms with E-state index in [1.165, 1.54) is 19.1 Å². The third-order valence-electron chi connectivity index (χ3n) is 10.9. The summed E-state index contributed by atoms with van der Waals surface area (Å²) in [6, 6.07) is 4.42. The number of phenols is 1. The first-order chi connectivity index (χ1) is 27.1. The van der Waals surface area contributed by atoms with Gasteiger partial charge < -0.3 is 30.5 Å². The van der Waals surface area contributed by atoms with Gasteiger partial charge in [-0.05, 0) is 81.6 Å². The van der Waals surface area contributed by atoms with Crippen LogP contribution >= 0.6 is 11.3 Å². The molecule has 314 valence electrons. The van der Waals surface area contributed by atoms with Crippen LogP contribution in [0.1, 0.15) is 126 Å². The van der Waals surface area contributed by atoms with Crippen LogP contribution in [0.25, 0.3) is 0 Å². The summed E-state index contributed by atoms with van der Waals surface area (Å²) in [6.45, 7) is 12.0. The highest BCUT2D eigenvalue weighted by Crippen LogP contribution is 2.32. The number of benzene rings is 1. The number of carboxylic acids is 1. The Labute approximate surface area is 342 Å². The number of phenolic OH excluding ortho intramolecular Hbond substituents is 1. The zero-order chi connectivity index (χ0) is 42.2. The number of ether oxygens (including phenoxy) is 1. The van der Waals surface area contributed by atoms with Gasteiger partial charge >= 0.3 is 11.9 Å². The molecule has 2 heterocycles. The average molecular weight is 810 g/mol. The number of aromatic nitrogens is 1. The number of rotatable bonds is 22. The van der Waals surface area contributed by atoms with E-state index in [4.69, 9.17) is 11.2 Å². The maximum absolute atomic E-state index is 14.8. The molecule has 1 aromatic carbocycles. The van der Waals surface area contributed by atoms with Crippen molar-refractivity contribution >= 4 is 41.0 Å². The minimum absolute atomic E-state index is 0.0846. The second-order valence-electron chi connectivity index (χ2n) is 15.8. The quantitative estimate of drug-likeness (QED) is 0.0630. The summed E-state index contributed by atoms with van der Waals surface area (Å²) in [5.74, 6) is -0.635. The van der Waals surface area contributed by atoms with Gasteiger partial charge in [0.15, 0.2) is 6.10 Å². The number of carboxylic acid groups (broad SMARTS) is 1. The second kappa shape index (κ2) is 23.1. The maximum Gasteiger partial charge on any atom is 0.306 e. The van der Waals surface area contributed by atoms with Gasteiger partial charge in [-0.15, -0.1) is 23.7 Å². The van der Waals surface area contributed by atoms with Gasteiger partial charge in [-0.3, -0.25) is 28.9 Å². The van der Waals surface area contributed by atoms with Crippen molar-refractivity contribution in [3.8, 4) is 18.1 Å². The predicted octanol–water partition coefficient (Wildman–Crippen LogP) is 5.97. The van der Waals surface area contributed by atoms with Crippen LogP contribution in [0.3, 0.4) is 0 Å². The monoisotopic (exact) mass is 809 g/mol. The second-order valence-corrected chi connectivity index (χ2v) is 16.7. The Morgan fingerprint density at radius 2 is 1.77 bits per heavy atom. The number of amides is 3. The SMILES string of the molecule is C#CCCCCN(C(=O)[C@@H](NC(=O)[C@H]1CCCCN1C)[C@@H](C)CC)[C@H](C[C@@H](OC(C)=O)c1nc(C(=O)N[C@@H](Cc2ccc(O)cc2)C[C@H](C)C(=O)O)cs1)C(C)C. The number of nitrogens with one attached hydrogen (secondary N) is 2. The average Bonchev–Trinajstić information content (AvgIpc) is 3.67. The third-order valence-corrected chi connectivity index (χ3v) is 11.8. The Hall–Kier alpha value is -4.48. The van der Waals surface area contributed by atoms with Gasteiger partial charge in [0, 0.05) is 43.8 Å². The van der Waals surface area contributed by atoms with Gasteiger partial charge in [-0.2, -0.15) is 0 Å². The van der Waals surface area contributed by atoms with E-state index in [-0.39, 0.29) is 54.0 Å². The number of likely N-dealkylation sites (N-methyl/N-ethyl adjacent to an activating group) is 1. The largest absolute Gasteiger partial charge is 0.508 e. The molecule has 0 radical (unpaired) electrons. The van der Waals surface area contributed by atoms with E-state index >= 15 is 0 Å².